The first-order valence-electron chi connectivity index (χ1n) is 3.96. The van der Waals surface area contributed by atoms with Gasteiger partial charge in [0.25, 0.3) is 0 Å². The van der Waals surface area contributed by atoms with Gasteiger partial charge in [0, 0.05) is 10.9 Å². The van der Waals surface area contributed by atoms with E-state index in [-0.39, 0.29) is 11.9 Å². The van der Waals surface area contributed by atoms with Crippen molar-refractivity contribution in [2.45, 2.75) is 17.4 Å². The molecule has 0 amide bonds. The van der Waals surface area contributed by atoms with Crippen LogP contribution < -0.4 is 5.73 Å². The molecule has 0 saturated carbocycles. The van der Waals surface area contributed by atoms with Crippen LogP contribution in [-0.2, 0) is 0 Å². The van der Waals surface area contributed by atoms with Crippen LogP contribution in [0.4, 0.5) is 4.39 Å². The van der Waals surface area contributed by atoms with Crippen molar-refractivity contribution < 1.29 is 4.39 Å². The molecule has 3 heteroatoms. The average Bonchev–Trinajstić information content (AvgIpc) is 2.07. The molecule has 0 spiro atoms. The molecule has 0 fully saturated rings. The molecule has 1 aromatic rings. The van der Waals surface area contributed by atoms with Gasteiger partial charge in [-0.15, -0.1) is 11.8 Å². The maximum Gasteiger partial charge on any atom is 0.137 e. The van der Waals surface area contributed by atoms with Crippen LogP contribution in [-0.4, -0.2) is 5.75 Å². The van der Waals surface area contributed by atoms with Crippen LogP contribution in [0.25, 0.3) is 0 Å². The molecule has 2 N–H and O–H groups in total. The molecule has 0 bridgehead atoms. The summed E-state index contributed by atoms with van der Waals surface area (Å²) in [5, 5.41) is 0. The normalized spacial score (nSPS) is 22.0. The van der Waals surface area contributed by atoms with E-state index in [1.54, 1.807) is 17.8 Å². The summed E-state index contributed by atoms with van der Waals surface area (Å²) < 4.78 is 13.2. The van der Waals surface area contributed by atoms with E-state index < -0.39 is 0 Å². The fraction of sp³-hybridized carbons (Fsp3) is 0.333. The van der Waals surface area contributed by atoms with Crippen LogP contribution in [0.1, 0.15) is 18.0 Å². The van der Waals surface area contributed by atoms with Gasteiger partial charge < -0.3 is 5.73 Å². The quantitative estimate of drug-likeness (QED) is 0.668. The highest BCUT2D eigenvalue weighted by Crippen LogP contribution is 2.36. The number of hydrogen-bond acceptors (Lipinski definition) is 2. The second kappa shape index (κ2) is 3.07. The smallest absolute Gasteiger partial charge is 0.137 e. The highest BCUT2D eigenvalue weighted by atomic mass is 32.2. The number of thioether (sulfide) groups is 1. The Labute approximate surface area is 75.1 Å². The van der Waals surface area contributed by atoms with E-state index in [9.17, 15) is 4.39 Å². The van der Waals surface area contributed by atoms with Gasteiger partial charge in [-0.05, 0) is 23.8 Å². The molecular formula is C9H10FNS. The molecule has 0 saturated heterocycles. The lowest BCUT2D eigenvalue weighted by Crippen LogP contribution is -2.16. The topological polar surface area (TPSA) is 26.0 Å². The van der Waals surface area contributed by atoms with Crippen LogP contribution in [0.3, 0.4) is 0 Å². The second-order valence-electron chi connectivity index (χ2n) is 2.90. The lowest BCUT2D eigenvalue weighted by molar-refractivity contribution is 0.578. The Morgan fingerprint density at radius 1 is 1.50 bits per heavy atom. The maximum absolute atomic E-state index is 13.2. The van der Waals surface area contributed by atoms with Crippen molar-refractivity contribution in [3.8, 4) is 0 Å². The first-order chi connectivity index (χ1) is 5.79. The second-order valence-corrected chi connectivity index (χ2v) is 4.01. The summed E-state index contributed by atoms with van der Waals surface area (Å²) in [5.74, 6) is 0.794. The molecule has 2 rings (SSSR count). The predicted molar refractivity (Wildman–Crippen MR) is 48.7 cm³/mol. The highest BCUT2D eigenvalue weighted by molar-refractivity contribution is 7.99. The minimum absolute atomic E-state index is 0.0250. The Morgan fingerprint density at radius 3 is 3.08 bits per heavy atom. The third-order valence-electron chi connectivity index (χ3n) is 2.07. The lowest BCUT2D eigenvalue weighted by atomic mass is 10.1. The first-order valence-corrected chi connectivity index (χ1v) is 4.94. The van der Waals surface area contributed by atoms with Crippen molar-refractivity contribution in [2.24, 2.45) is 5.73 Å². The van der Waals surface area contributed by atoms with Crippen molar-refractivity contribution in [3.05, 3.63) is 29.6 Å². The molecule has 1 aliphatic rings. The average molecular weight is 183 g/mol. The van der Waals surface area contributed by atoms with Crippen molar-refractivity contribution in [1.29, 1.82) is 0 Å². The van der Waals surface area contributed by atoms with Crippen LogP contribution in [0, 0.1) is 5.82 Å². The van der Waals surface area contributed by atoms with Gasteiger partial charge in [0.15, 0.2) is 0 Å². The molecule has 1 atom stereocenters. The minimum Gasteiger partial charge on any atom is -0.324 e. The van der Waals surface area contributed by atoms with E-state index in [0.717, 1.165) is 22.6 Å². The molecule has 64 valence electrons. The molecule has 12 heavy (non-hydrogen) atoms. The maximum atomic E-state index is 13.2. The molecule has 1 aliphatic heterocycles. The minimum atomic E-state index is -0.132. The zero-order valence-electron chi connectivity index (χ0n) is 6.59. The Kier molecular flexibility index (Phi) is 2.07. The number of fused-ring (bicyclic) bond motifs is 1. The number of nitrogens with two attached hydrogens (primary N) is 1. The van der Waals surface area contributed by atoms with Gasteiger partial charge in [-0.25, -0.2) is 4.39 Å². The third kappa shape index (κ3) is 1.23. The summed E-state index contributed by atoms with van der Waals surface area (Å²) in [4.78, 5) is 0.747. The third-order valence-corrected chi connectivity index (χ3v) is 3.23. The van der Waals surface area contributed by atoms with Crippen LogP contribution >= 0.6 is 11.8 Å². The molecule has 1 heterocycles. The van der Waals surface area contributed by atoms with E-state index in [4.69, 9.17) is 5.73 Å². The fourth-order valence-electron chi connectivity index (χ4n) is 1.41. The van der Waals surface area contributed by atoms with Crippen molar-refractivity contribution in [2.75, 3.05) is 5.75 Å². The van der Waals surface area contributed by atoms with Crippen molar-refractivity contribution in [1.82, 2.24) is 0 Å². The van der Waals surface area contributed by atoms with Gasteiger partial charge in [-0.3, -0.25) is 0 Å². The van der Waals surface area contributed by atoms with E-state index in [0.29, 0.717) is 0 Å². The van der Waals surface area contributed by atoms with Crippen molar-refractivity contribution >= 4 is 11.8 Å². The molecule has 0 aliphatic carbocycles. The molecule has 0 aromatic heterocycles. The monoisotopic (exact) mass is 183 g/mol. The summed E-state index contributed by atoms with van der Waals surface area (Å²) in [6.07, 6.45) is 0.946. The number of halogens is 1. The first kappa shape index (κ1) is 8.08. The summed E-state index contributed by atoms with van der Waals surface area (Å²) in [7, 11) is 0. The van der Waals surface area contributed by atoms with E-state index in [1.807, 2.05) is 6.07 Å². The molecule has 0 radical (unpaired) electrons. The zero-order valence-corrected chi connectivity index (χ0v) is 7.40. The Morgan fingerprint density at radius 2 is 2.33 bits per heavy atom. The summed E-state index contributed by atoms with van der Waals surface area (Å²) in [5.41, 5.74) is 6.80. The van der Waals surface area contributed by atoms with Crippen LogP contribution in [0.5, 0.6) is 0 Å². The molecular weight excluding hydrogens is 173 g/mol. The Bertz CT molecular complexity index is 301. The molecule has 1 nitrogen and oxygen atoms in total. The van der Waals surface area contributed by atoms with Gasteiger partial charge in [0.1, 0.15) is 5.82 Å². The Hall–Kier alpha value is -0.540. The summed E-state index contributed by atoms with van der Waals surface area (Å²) >= 11 is 1.56. The largest absolute Gasteiger partial charge is 0.324 e. The number of hydrogen-bond donors (Lipinski definition) is 1. The zero-order chi connectivity index (χ0) is 8.55. The van der Waals surface area contributed by atoms with Gasteiger partial charge in [-0.1, -0.05) is 12.1 Å². The van der Waals surface area contributed by atoms with E-state index in [2.05, 4.69) is 0 Å². The Balaban J connectivity index is 2.52. The van der Waals surface area contributed by atoms with Crippen LogP contribution in [0.15, 0.2) is 23.1 Å². The molecule has 1 aromatic carbocycles. The summed E-state index contributed by atoms with van der Waals surface area (Å²) in [6, 6.07) is 5.15. The van der Waals surface area contributed by atoms with Gasteiger partial charge in [0.2, 0.25) is 0 Å². The van der Waals surface area contributed by atoms with Crippen molar-refractivity contribution in [3.63, 3.8) is 0 Å². The van der Waals surface area contributed by atoms with E-state index in [1.165, 1.54) is 6.07 Å². The highest BCUT2D eigenvalue weighted by Gasteiger charge is 2.19. The standard InChI is InChI=1S/C9H10FNS/c10-7-3-1-2-6-8(11)4-5-12-9(6)7/h1-3,8H,4-5,11H2/t8-/m0/s1. The van der Waals surface area contributed by atoms with E-state index >= 15 is 0 Å². The number of benzene rings is 1. The SMILES string of the molecule is N[C@H]1CCSc2c(F)cccc21. The van der Waals surface area contributed by atoms with Gasteiger partial charge >= 0.3 is 0 Å². The predicted octanol–water partition coefficient (Wildman–Crippen LogP) is 2.32. The molecule has 0 unspecified atom stereocenters. The number of rotatable bonds is 0. The van der Waals surface area contributed by atoms with Gasteiger partial charge in [0.05, 0.1) is 0 Å². The summed E-state index contributed by atoms with van der Waals surface area (Å²) in [6.45, 7) is 0. The van der Waals surface area contributed by atoms with Gasteiger partial charge in [-0.2, -0.15) is 0 Å². The van der Waals surface area contributed by atoms with Crippen LogP contribution in [0.2, 0.25) is 0 Å². The fourth-order valence-corrected chi connectivity index (χ4v) is 2.58. The lowest BCUT2D eigenvalue weighted by Gasteiger charge is -2.21.